The fourth-order valence-corrected chi connectivity index (χ4v) is 3.62. The number of benzene rings is 1. The molecule has 1 aromatic carbocycles. The lowest BCUT2D eigenvalue weighted by atomic mass is 10.1. The molecule has 0 saturated heterocycles. The topological polar surface area (TPSA) is 76.7 Å². The molecule has 5 nitrogen and oxygen atoms in total. The number of nitrogens with zero attached hydrogens (tertiary/aromatic N) is 3. The van der Waals surface area contributed by atoms with Crippen LogP contribution in [0, 0.1) is 13.8 Å². The van der Waals surface area contributed by atoms with Crippen LogP contribution in [0.1, 0.15) is 28.8 Å². The summed E-state index contributed by atoms with van der Waals surface area (Å²) < 4.78 is 0. The molecule has 0 aliphatic rings. The van der Waals surface area contributed by atoms with Crippen LogP contribution >= 0.6 is 11.3 Å². The first-order valence-corrected chi connectivity index (χ1v) is 9.29. The highest BCUT2D eigenvalue weighted by Crippen LogP contribution is 2.26. The van der Waals surface area contributed by atoms with Gasteiger partial charge in [0.25, 0.3) is 0 Å². The number of nitrogens with one attached hydrogen (secondary N) is 1. The zero-order valence-electron chi connectivity index (χ0n) is 14.6. The van der Waals surface area contributed by atoms with Crippen LogP contribution in [0.2, 0.25) is 0 Å². The van der Waals surface area contributed by atoms with E-state index in [2.05, 4.69) is 52.3 Å². The van der Waals surface area contributed by atoms with Gasteiger partial charge < -0.3 is 11.1 Å². The van der Waals surface area contributed by atoms with Gasteiger partial charge in [0.1, 0.15) is 10.7 Å². The molecule has 0 atom stereocenters. The SMILES string of the molecule is Cc1cc(C)cc(Nc2nccc(-c3ncc(CCCCN)s3)n2)c1. The summed E-state index contributed by atoms with van der Waals surface area (Å²) in [4.78, 5) is 14.7. The van der Waals surface area contributed by atoms with Crippen molar-refractivity contribution in [3.05, 3.63) is 52.7 Å². The molecule has 0 radical (unpaired) electrons. The fraction of sp³-hybridized carbons (Fsp3) is 0.316. The third kappa shape index (κ3) is 4.84. The number of aryl methyl sites for hydroxylation is 3. The average molecular weight is 353 g/mol. The summed E-state index contributed by atoms with van der Waals surface area (Å²) in [5, 5.41) is 4.21. The minimum atomic E-state index is 0.586. The first-order chi connectivity index (χ1) is 12.1. The molecule has 0 aliphatic carbocycles. The zero-order valence-corrected chi connectivity index (χ0v) is 15.4. The Balaban J connectivity index is 1.75. The van der Waals surface area contributed by atoms with E-state index in [0.717, 1.165) is 42.2 Å². The molecule has 0 aliphatic heterocycles. The van der Waals surface area contributed by atoms with Crippen molar-refractivity contribution in [2.24, 2.45) is 5.73 Å². The van der Waals surface area contributed by atoms with Crippen LogP contribution in [-0.4, -0.2) is 21.5 Å². The van der Waals surface area contributed by atoms with Crippen molar-refractivity contribution in [3.63, 3.8) is 0 Å². The van der Waals surface area contributed by atoms with Crippen LogP contribution in [0.3, 0.4) is 0 Å². The molecule has 6 heteroatoms. The summed E-state index contributed by atoms with van der Waals surface area (Å²) in [6.07, 6.45) is 6.87. The maximum Gasteiger partial charge on any atom is 0.227 e. The number of hydrogen-bond acceptors (Lipinski definition) is 6. The summed E-state index contributed by atoms with van der Waals surface area (Å²) in [5.41, 5.74) is 9.81. The van der Waals surface area contributed by atoms with Crippen molar-refractivity contribution in [1.29, 1.82) is 0 Å². The molecule has 2 heterocycles. The van der Waals surface area contributed by atoms with Crippen molar-refractivity contribution in [2.75, 3.05) is 11.9 Å². The van der Waals surface area contributed by atoms with E-state index < -0.39 is 0 Å². The summed E-state index contributed by atoms with van der Waals surface area (Å²) in [7, 11) is 0. The molecule has 0 spiro atoms. The molecular formula is C19H23N5S. The first-order valence-electron chi connectivity index (χ1n) is 8.47. The quantitative estimate of drug-likeness (QED) is 0.621. The van der Waals surface area contributed by atoms with Crippen molar-refractivity contribution < 1.29 is 0 Å². The average Bonchev–Trinajstić information content (AvgIpc) is 3.03. The van der Waals surface area contributed by atoms with E-state index in [-0.39, 0.29) is 0 Å². The standard InChI is InChI=1S/C19H23N5S/c1-13-9-14(2)11-15(10-13)23-19-21-8-6-17(24-19)18-22-12-16(25-18)5-3-4-7-20/h6,8-12H,3-5,7,20H2,1-2H3,(H,21,23,24). The predicted octanol–water partition coefficient (Wildman–Crippen LogP) is 4.24. The highest BCUT2D eigenvalue weighted by Gasteiger charge is 2.08. The van der Waals surface area contributed by atoms with Gasteiger partial charge in [0.2, 0.25) is 5.95 Å². The first kappa shape index (κ1) is 17.5. The van der Waals surface area contributed by atoms with E-state index >= 15 is 0 Å². The number of unbranched alkanes of at least 4 members (excludes halogenated alkanes) is 1. The molecule has 25 heavy (non-hydrogen) atoms. The summed E-state index contributed by atoms with van der Waals surface area (Å²) >= 11 is 1.69. The molecule has 0 saturated carbocycles. The highest BCUT2D eigenvalue weighted by molar-refractivity contribution is 7.15. The van der Waals surface area contributed by atoms with Gasteiger partial charge in [-0.2, -0.15) is 0 Å². The van der Waals surface area contributed by atoms with Gasteiger partial charge in [0.05, 0.1) is 0 Å². The summed E-state index contributed by atoms with van der Waals surface area (Å²) in [6.45, 7) is 4.90. The van der Waals surface area contributed by atoms with Gasteiger partial charge >= 0.3 is 0 Å². The van der Waals surface area contributed by atoms with E-state index in [1.165, 1.54) is 16.0 Å². The van der Waals surface area contributed by atoms with Gasteiger partial charge in [-0.25, -0.2) is 15.0 Å². The van der Waals surface area contributed by atoms with Crippen LogP contribution in [0.25, 0.3) is 10.7 Å². The van der Waals surface area contributed by atoms with Crippen molar-refractivity contribution in [3.8, 4) is 10.7 Å². The van der Waals surface area contributed by atoms with E-state index in [9.17, 15) is 0 Å². The smallest absolute Gasteiger partial charge is 0.227 e. The molecule has 3 N–H and O–H groups in total. The van der Waals surface area contributed by atoms with Crippen LogP contribution in [-0.2, 0) is 6.42 Å². The van der Waals surface area contributed by atoms with Gasteiger partial charge in [-0.3, -0.25) is 0 Å². The molecule has 2 aromatic heterocycles. The number of hydrogen-bond donors (Lipinski definition) is 2. The molecule has 0 unspecified atom stereocenters. The minimum absolute atomic E-state index is 0.586. The number of rotatable bonds is 7. The molecule has 130 valence electrons. The van der Waals surface area contributed by atoms with Crippen LogP contribution < -0.4 is 11.1 Å². The normalized spacial score (nSPS) is 10.8. The minimum Gasteiger partial charge on any atom is -0.330 e. The Hall–Kier alpha value is -2.31. The lowest BCUT2D eigenvalue weighted by molar-refractivity contribution is 0.750. The second-order valence-corrected chi connectivity index (χ2v) is 7.26. The third-order valence-corrected chi connectivity index (χ3v) is 4.86. The number of aromatic nitrogens is 3. The highest BCUT2D eigenvalue weighted by atomic mass is 32.1. The molecule has 3 rings (SSSR count). The van der Waals surface area contributed by atoms with Gasteiger partial charge in [0.15, 0.2) is 0 Å². The Labute approximate surface area is 152 Å². The molecule has 0 amide bonds. The maximum atomic E-state index is 5.55. The van der Waals surface area contributed by atoms with Gasteiger partial charge in [-0.05, 0) is 69.0 Å². The largest absolute Gasteiger partial charge is 0.330 e. The van der Waals surface area contributed by atoms with Crippen molar-refractivity contribution in [2.45, 2.75) is 33.1 Å². The lowest BCUT2D eigenvalue weighted by Gasteiger charge is -2.07. The monoisotopic (exact) mass is 353 g/mol. The summed E-state index contributed by atoms with van der Waals surface area (Å²) in [6, 6.07) is 8.21. The Kier molecular flexibility index (Phi) is 5.73. The van der Waals surface area contributed by atoms with Crippen LogP contribution in [0.5, 0.6) is 0 Å². The van der Waals surface area contributed by atoms with E-state index in [0.29, 0.717) is 5.95 Å². The Morgan fingerprint density at radius 1 is 1.08 bits per heavy atom. The van der Waals surface area contributed by atoms with E-state index in [4.69, 9.17) is 5.73 Å². The van der Waals surface area contributed by atoms with Crippen LogP contribution in [0.4, 0.5) is 11.6 Å². The second-order valence-electron chi connectivity index (χ2n) is 6.14. The second kappa shape index (κ2) is 8.18. The molecular weight excluding hydrogens is 330 g/mol. The Bertz CT molecular complexity index is 823. The summed E-state index contributed by atoms with van der Waals surface area (Å²) in [5.74, 6) is 0.586. The van der Waals surface area contributed by atoms with E-state index in [1.807, 2.05) is 12.3 Å². The Morgan fingerprint density at radius 2 is 1.88 bits per heavy atom. The number of nitrogens with two attached hydrogens (primary N) is 1. The van der Waals surface area contributed by atoms with Crippen molar-refractivity contribution in [1.82, 2.24) is 15.0 Å². The fourth-order valence-electron chi connectivity index (χ4n) is 2.70. The molecule has 0 fully saturated rings. The number of thiazole rings is 1. The third-order valence-electron chi connectivity index (χ3n) is 3.78. The van der Waals surface area contributed by atoms with Gasteiger partial charge in [-0.15, -0.1) is 11.3 Å². The molecule has 3 aromatic rings. The maximum absolute atomic E-state index is 5.55. The van der Waals surface area contributed by atoms with Gasteiger partial charge in [-0.1, -0.05) is 6.07 Å². The van der Waals surface area contributed by atoms with Crippen molar-refractivity contribution >= 4 is 23.0 Å². The number of anilines is 2. The lowest BCUT2D eigenvalue weighted by Crippen LogP contribution is -1.98. The van der Waals surface area contributed by atoms with E-state index in [1.54, 1.807) is 17.5 Å². The molecule has 0 bridgehead atoms. The van der Waals surface area contributed by atoms with Gasteiger partial charge in [0, 0.05) is 23.0 Å². The van der Waals surface area contributed by atoms with Crippen LogP contribution in [0.15, 0.2) is 36.7 Å². The predicted molar refractivity (Wildman–Crippen MR) is 104 cm³/mol. The Morgan fingerprint density at radius 3 is 2.64 bits per heavy atom. The zero-order chi connectivity index (χ0) is 17.6.